The van der Waals surface area contributed by atoms with Crippen molar-refractivity contribution in [2.24, 2.45) is 0 Å². The van der Waals surface area contributed by atoms with Crippen LogP contribution in [-0.4, -0.2) is 65.9 Å². The number of β-amino-alcohol motifs (C(OH)–C–C–N with tert-alkyl or cyclic N) is 1. The molecule has 30 heavy (non-hydrogen) atoms. The largest absolute Gasteiger partial charge is 0.390 e. The zero-order chi connectivity index (χ0) is 21.1. The molecule has 1 fully saturated rings. The Morgan fingerprint density at radius 2 is 1.77 bits per heavy atom. The molecule has 2 aromatic carbocycles. The third-order valence-corrected chi connectivity index (χ3v) is 7.08. The topological polar surface area (TPSA) is 90.8 Å². The molecule has 1 atom stereocenters. The molecule has 3 aromatic rings. The van der Waals surface area contributed by atoms with Gasteiger partial charge in [0.05, 0.1) is 18.2 Å². The maximum atomic E-state index is 13.3. The second kappa shape index (κ2) is 8.51. The standard InChI is InChI=1S/C22H23N3O4S/c26-19-14-24(13-11-17-6-2-1-3-7-17)21(27)16-25(15-19)30(28,29)20-10-4-8-18-9-5-12-23-22(18)20/h1-10,12,19,26H,11,13-16H2. The summed E-state index contributed by atoms with van der Waals surface area (Å²) in [7, 11) is -4.00. The molecule has 1 aliphatic heterocycles. The fraction of sp³-hybridized carbons (Fsp3) is 0.273. The summed E-state index contributed by atoms with van der Waals surface area (Å²) in [5.41, 5.74) is 1.43. The Bertz CT molecular complexity index is 1150. The van der Waals surface area contributed by atoms with Gasteiger partial charge in [-0.3, -0.25) is 9.78 Å². The van der Waals surface area contributed by atoms with Crippen LogP contribution in [0.2, 0.25) is 0 Å². The molecule has 8 heteroatoms. The number of hydrogen-bond acceptors (Lipinski definition) is 5. The number of rotatable bonds is 5. The van der Waals surface area contributed by atoms with Crippen LogP contribution in [0.15, 0.2) is 71.8 Å². The van der Waals surface area contributed by atoms with E-state index < -0.39 is 16.1 Å². The molecule has 1 aliphatic rings. The number of pyridine rings is 1. The van der Waals surface area contributed by atoms with Crippen molar-refractivity contribution in [3.05, 3.63) is 72.4 Å². The highest BCUT2D eigenvalue weighted by Crippen LogP contribution is 2.25. The fourth-order valence-electron chi connectivity index (χ4n) is 3.70. The number of carbonyl (C=O) groups is 1. The second-order valence-electron chi connectivity index (χ2n) is 7.36. The first-order valence-corrected chi connectivity index (χ1v) is 11.2. The number of nitrogens with zero attached hydrogens (tertiary/aromatic N) is 3. The fourth-order valence-corrected chi connectivity index (χ4v) is 5.29. The monoisotopic (exact) mass is 425 g/mol. The number of sulfonamides is 1. The van der Waals surface area contributed by atoms with E-state index in [1.807, 2.05) is 30.3 Å². The molecule has 0 bridgehead atoms. The molecule has 1 amide bonds. The Morgan fingerprint density at radius 1 is 1.00 bits per heavy atom. The minimum atomic E-state index is -4.00. The molecule has 1 N–H and O–H groups in total. The number of benzene rings is 2. The summed E-state index contributed by atoms with van der Waals surface area (Å²) in [5.74, 6) is -0.320. The molecular formula is C22H23N3O4S. The summed E-state index contributed by atoms with van der Waals surface area (Å²) < 4.78 is 27.7. The summed E-state index contributed by atoms with van der Waals surface area (Å²) in [4.78, 5) is 18.6. The number of aliphatic hydroxyl groups is 1. The van der Waals surface area contributed by atoms with Crippen molar-refractivity contribution < 1.29 is 18.3 Å². The summed E-state index contributed by atoms with van der Waals surface area (Å²) in [6.45, 7) is 0.0750. The molecule has 2 heterocycles. The number of para-hydroxylation sites is 1. The van der Waals surface area contributed by atoms with Crippen LogP contribution in [0.3, 0.4) is 0 Å². The summed E-state index contributed by atoms with van der Waals surface area (Å²) >= 11 is 0. The van der Waals surface area contributed by atoms with Gasteiger partial charge < -0.3 is 10.0 Å². The van der Waals surface area contributed by atoms with Crippen LogP contribution in [0, 0.1) is 0 Å². The maximum absolute atomic E-state index is 13.3. The third kappa shape index (κ3) is 4.21. The molecule has 0 saturated carbocycles. The molecule has 1 saturated heterocycles. The highest BCUT2D eigenvalue weighted by Gasteiger charge is 2.35. The molecule has 4 rings (SSSR count). The molecule has 1 aromatic heterocycles. The van der Waals surface area contributed by atoms with Crippen LogP contribution >= 0.6 is 0 Å². The van der Waals surface area contributed by atoms with Gasteiger partial charge in [0.2, 0.25) is 15.9 Å². The van der Waals surface area contributed by atoms with Crippen molar-refractivity contribution in [1.82, 2.24) is 14.2 Å². The minimum absolute atomic E-state index is 0.0401. The highest BCUT2D eigenvalue weighted by atomic mass is 32.2. The predicted molar refractivity (Wildman–Crippen MR) is 113 cm³/mol. The summed E-state index contributed by atoms with van der Waals surface area (Å²) in [5, 5.41) is 11.2. The summed E-state index contributed by atoms with van der Waals surface area (Å²) in [6, 6.07) is 18.2. The zero-order valence-corrected chi connectivity index (χ0v) is 17.2. The van der Waals surface area contributed by atoms with Crippen molar-refractivity contribution in [1.29, 1.82) is 0 Å². The van der Waals surface area contributed by atoms with Crippen molar-refractivity contribution in [2.75, 3.05) is 26.2 Å². The number of aromatic nitrogens is 1. The Kier molecular flexibility index (Phi) is 5.80. The third-order valence-electron chi connectivity index (χ3n) is 5.24. The van der Waals surface area contributed by atoms with E-state index in [1.54, 1.807) is 24.3 Å². The number of aliphatic hydroxyl groups excluding tert-OH is 1. The average Bonchev–Trinajstić information content (AvgIpc) is 2.90. The highest BCUT2D eigenvalue weighted by molar-refractivity contribution is 7.89. The van der Waals surface area contributed by atoms with Crippen molar-refractivity contribution in [3.8, 4) is 0 Å². The van der Waals surface area contributed by atoms with E-state index in [0.717, 1.165) is 9.87 Å². The van der Waals surface area contributed by atoms with Crippen LogP contribution in [0.4, 0.5) is 0 Å². The average molecular weight is 426 g/mol. The van der Waals surface area contributed by atoms with E-state index in [2.05, 4.69) is 4.98 Å². The van der Waals surface area contributed by atoms with Crippen LogP contribution in [0.5, 0.6) is 0 Å². The van der Waals surface area contributed by atoms with E-state index >= 15 is 0 Å². The van der Waals surface area contributed by atoms with Gasteiger partial charge in [0.1, 0.15) is 4.90 Å². The maximum Gasteiger partial charge on any atom is 0.245 e. The first-order chi connectivity index (χ1) is 14.4. The number of carbonyl (C=O) groups excluding carboxylic acids is 1. The van der Waals surface area contributed by atoms with Gasteiger partial charge in [0.25, 0.3) is 0 Å². The van der Waals surface area contributed by atoms with Gasteiger partial charge >= 0.3 is 0 Å². The van der Waals surface area contributed by atoms with Crippen molar-refractivity contribution in [2.45, 2.75) is 17.4 Å². The van der Waals surface area contributed by atoms with E-state index in [4.69, 9.17) is 0 Å². The quantitative estimate of drug-likeness (QED) is 0.672. The molecule has 156 valence electrons. The van der Waals surface area contributed by atoms with Gasteiger partial charge in [-0.05, 0) is 24.1 Å². The molecule has 1 unspecified atom stereocenters. The van der Waals surface area contributed by atoms with E-state index in [1.165, 1.54) is 17.2 Å². The Hall–Kier alpha value is -2.81. The lowest BCUT2D eigenvalue weighted by Crippen LogP contribution is -2.40. The minimum Gasteiger partial charge on any atom is -0.390 e. The van der Waals surface area contributed by atoms with E-state index in [9.17, 15) is 18.3 Å². The van der Waals surface area contributed by atoms with Gasteiger partial charge in [-0.1, -0.05) is 48.5 Å². The first kappa shape index (κ1) is 20.5. The van der Waals surface area contributed by atoms with E-state index in [0.29, 0.717) is 23.9 Å². The Labute approximate surface area is 175 Å². The summed E-state index contributed by atoms with van der Waals surface area (Å²) in [6.07, 6.45) is 1.21. The lowest BCUT2D eigenvalue weighted by atomic mass is 10.1. The van der Waals surface area contributed by atoms with Crippen LogP contribution in [0.1, 0.15) is 5.56 Å². The molecule has 0 spiro atoms. The van der Waals surface area contributed by atoms with Gasteiger partial charge in [-0.25, -0.2) is 8.42 Å². The SMILES string of the molecule is O=C1CN(S(=O)(=O)c2cccc3cccnc23)CC(O)CN1CCc1ccccc1. The number of amides is 1. The molecule has 0 aliphatic carbocycles. The van der Waals surface area contributed by atoms with Crippen LogP contribution in [0.25, 0.3) is 10.9 Å². The molecule has 7 nitrogen and oxygen atoms in total. The molecule has 0 radical (unpaired) electrons. The second-order valence-corrected chi connectivity index (χ2v) is 9.26. The number of hydrogen-bond donors (Lipinski definition) is 1. The van der Waals surface area contributed by atoms with Gasteiger partial charge in [0, 0.05) is 31.2 Å². The lowest BCUT2D eigenvalue weighted by molar-refractivity contribution is -0.130. The number of fused-ring (bicyclic) bond motifs is 1. The lowest BCUT2D eigenvalue weighted by Gasteiger charge is -2.22. The normalized spacial score (nSPS) is 18.5. The van der Waals surface area contributed by atoms with Gasteiger partial charge in [-0.2, -0.15) is 4.31 Å². The Morgan fingerprint density at radius 3 is 2.57 bits per heavy atom. The van der Waals surface area contributed by atoms with Crippen molar-refractivity contribution in [3.63, 3.8) is 0 Å². The van der Waals surface area contributed by atoms with Gasteiger partial charge in [0.15, 0.2) is 0 Å². The Balaban J connectivity index is 1.57. The van der Waals surface area contributed by atoms with Crippen LogP contribution in [-0.2, 0) is 21.2 Å². The van der Waals surface area contributed by atoms with Crippen LogP contribution < -0.4 is 0 Å². The predicted octanol–water partition coefficient (Wildman–Crippen LogP) is 1.67. The van der Waals surface area contributed by atoms with Gasteiger partial charge in [-0.15, -0.1) is 0 Å². The van der Waals surface area contributed by atoms with E-state index in [-0.39, 0.29) is 30.4 Å². The zero-order valence-electron chi connectivity index (χ0n) is 16.4. The first-order valence-electron chi connectivity index (χ1n) is 9.79. The van der Waals surface area contributed by atoms with Crippen molar-refractivity contribution >= 4 is 26.8 Å². The molecular weight excluding hydrogens is 402 g/mol. The smallest absolute Gasteiger partial charge is 0.245 e.